The minimum absolute atomic E-state index is 0.0602. The molecule has 0 unspecified atom stereocenters. The highest BCUT2D eigenvalue weighted by molar-refractivity contribution is 5.92. The molecule has 8 heavy (non-hydrogen) atoms. The molecule has 0 atom stereocenters. The lowest BCUT2D eigenvalue weighted by Crippen LogP contribution is -1.93. The smallest absolute Gasteiger partial charge is 0.158 e. The van der Waals surface area contributed by atoms with Gasteiger partial charge in [0.2, 0.25) is 0 Å². The standard InChI is InChI=1S/C6H10O2/c1-3-6(4-7)5(2)8/h4,7H,3H2,1-2H3/b6-4+/i4+2. The molecule has 0 aliphatic rings. The second kappa shape index (κ2) is 3.24. The van der Waals surface area contributed by atoms with E-state index in [9.17, 15) is 4.79 Å². The average molecular weight is 116 g/mol. The first-order valence-electron chi connectivity index (χ1n) is 2.56. The number of Topliss-reactive ketones (excluding diaryl/α,β-unsaturated/α-hetero) is 1. The highest BCUT2D eigenvalue weighted by Gasteiger charge is 1.97. The van der Waals surface area contributed by atoms with Crippen LogP contribution in [-0.2, 0) is 4.79 Å². The molecule has 0 rings (SSSR count). The molecule has 0 radical (unpaired) electrons. The number of rotatable bonds is 2. The van der Waals surface area contributed by atoms with Gasteiger partial charge in [-0.3, -0.25) is 4.79 Å². The molecule has 0 aliphatic carbocycles. The number of carbonyl (C=O) groups excluding carboxylic acids is 1. The third-order valence-corrected chi connectivity index (χ3v) is 0.989. The lowest BCUT2D eigenvalue weighted by Gasteiger charge is -1.91. The zero-order valence-electron chi connectivity index (χ0n) is 5.14. The van der Waals surface area contributed by atoms with Crippen LogP contribution in [0.5, 0.6) is 0 Å². The molecule has 0 heterocycles. The van der Waals surface area contributed by atoms with Crippen molar-refractivity contribution >= 4 is 5.78 Å². The predicted octanol–water partition coefficient (Wildman–Crippen LogP) is 1.43. The maximum absolute atomic E-state index is 10.4. The van der Waals surface area contributed by atoms with E-state index in [1.807, 2.05) is 6.92 Å². The molecular weight excluding hydrogens is 106 g/mol. The van der Waals surface area contributed by atoms with Crippen LogP contribution in [0.25, 0.3) is 0 Å². The van der Waals surface area contributed by atoms with Gasteiger partial charge in [0.1, 0.15) is 0 Å². The Morgan fingerprint density at radius 2 is 2.25 bits per heavy atom. The summed E-state index contributed by atoms with van der Waals surface area (Å²) in [7, 11) is 0. The third-order valence-electron chi connectivity index (χ3n) is 0.989. The number of allylic oxidation sites excluding steroid dienone is 1. The van der Waals surface area contributed by atoms with Crippen molar-refractivity contribution < 1.29 is 9.90 Å². The molecule has 0 aromatic carbocycles. The van der Waals surface area contributed by atoms with E-state index in [0.717, 1.165) is 6.26 Å². The lowest BCUT2D eigenvalue weighted by atomic mass is 10.2. The number of hydrogen-bond donors (Lipinski definition) is 1. The minimum Gasteiger partial charge on any atom is -0.515 e. The topological polar surface area (TPSA) is 37.3 Å². The van der Waals surface area contributed by atoms with Crippen LogP contribution < -0.4 is 0 Å². The van der Waals surface area contributed by atoms with Crippen LogP contribution in [0, 0.1) is 0 Å². The summed E-state index contributed by atoms with van der Waals surface area (Å²) in [4.78, 5) is 10.4. The monoisotopic (exact) mass is 116 g/mol. The Hall–Kier alpha value is -0.790. The molecular formula is C6H10O2. The minimum atomic E-state index is -0.0602. The largest absolute Gasteiger partial charge is 0.515 e. The summed E-state index contributed by atoms with van der Waals surface area (Å²) < 4.78 is 0. The van der Waals surface area contributed by atoms with Crippen molar-refractivity contribution in [2.45, 2.75) is 20.3 Å². The van der Waals surface area contributed by atoms with Gasteiger partial charge in [0.15, 0.2) is 5.78 Å². The summed E-state index contributed by atoms with van der Waals surface area (Å²) in [6.45, 7) is 3.26. The van der Waals surface area contributed by atoms with E-state index >= 15 is 0 Å². The van der Waals surface area contributed by atoms with Crippen LogP contribution in [0.1, 0.15) is 20.3 Å². The fourth-order valence-electron chi connectivity index (χ4n) is 0.431. The summed E-state index contributed by atoms with van der Waals surface area (Å²) in [5, 5.41) is 8.31. The fraction of sp³-hybridized carbons (Fsp3) is 0.500. The van der Waals surface area contributed by atoms with Crippen LogP contribution in [-0.4, -0.2) is 10.9 Å². The maximum atomic E-state index is 10.4. The molecule has 0 saturated carbocycles. The normalized spacial score (nSPS) is 11.5. The maximum Gasteiger partial charge on any atom is 0.158 e. The first-order valence-corrected chi connectivity index (χ1v) is 2.56. The van der Waals surface area contributed by atoms with Crippen molar-refractivity contribution in [1.29, 1.82) is 0 Å². The van der Waals surface area contributed by atoms with Gasteiger partial charge in [-0.2, -0.15) is 0 Å². The van der Waals surface area contributed by atoms with E-state index in [0.29, 0.717) is 12.0 Å². The fourth-order valence-corrected chi connectivity index (χ4v) is 0.431. The van der Waals surface area contributed by atoms with E-state index < -0.39 is 0 Å². The molecule has 0 bridgehead atoms. The Morgan fingerprint density at radius 3 is 2.25 bits per heavy atom. The highest BCUT2D eigenvalue weighted by Crippen LogP contribution is 1.98. The SMILES string of the molecule is CC/C(=[14CH]\O)C(C)=O. The van der Waals surface area contributed by atoms with E-state index in [1.165, 1.54) is 6.92 Å². The molecule has 46 valence electrons. The Kier molecular flexibility index (Phi) is 2.92. The summed E-state index contributed by atoms with van der Waals surface area (Å²) in [5.41, 5.74) is 0.477. The van der Waals surface area contributed by atoms with Crippen molar-refractivity contribution in [3.8, 4) is 0 Å². The number of carbonyl (C=O) groups is 1. The molecule has 0 aromatic rings. The number of aliphatic hydroxyl groups excluding tert-OH is 1. The van der Waals surface area contributed by atoms with Gasteiger partial charge in [0.05, 0.1) is 6.26 Å². The lowest BCUT2D eigenvalue weighted by molar-refractivity contribution is -0.113. The van der Waals surface area contributed by atoms with E-state index in [2.05, 4.69) is 0 Å². The first kappa shape index (κ1) is 7.21. The van der Waals surface area contributed by atoms with Gasteiger partial charge in [0, 0.05) is 5.57 Å². The molecule has 0 spiro atoms. The molecule has 1 N–H and O–H groups in total. The molecule has 0 aromatic heterocycles. The first-order chi connectivity index (χ1) is 3.72. The van der Waals surface area contributed by atoms with Crippen LogP contribution in [0.4, 0.5) is 0 Å². The quantitative estimate of drug-likeness (QED) is 0.437. The van der Waals surface area contributed by atoms with E-state index in [1.54, 1.807) is 0 Å². The van der Waals surface area contributed by atoms with Gasteiger partial charge >= 0.3 is 0 Å². The summed E-state index contributed by atoms with van der Waals surface area (Å²) >= 11 is 0. The third kappa shape index (κ3) is 1.78. The molecule has 0 saturated heterocycles. The van der Waals surface area contributed by atoms with Crippen LogP contribution in [0.15, 0.2) is 11.8 Å². The Bertz CT molecular complexity index is 114. The average Bonchev–Trinajstić information content (AvgIpc) is 1.69. The zero-order valence-corrected chi connectivity index (χ0v) is 5.14. The number of aliphatic hydroxyl groups is 1. The van der Waals surface area contributed by atoms with Crippen molar-refractivity contribution in [1.82, 2.24) is 0 Å². The van der Waals surface area contributed by atoms with Crippen molar-refractivity contribution in [3.05, 3.63) is 11.8 Å². The summed E-state index contributed by atoms with van der Waals surface area (Å²) in [5.74, 6) is -0.0602. The van der Waals surface area contributed by atoms with Gasteiger partial charge < -0.3 is 5.11 Å². The van der Waals surface area contributed by atoms with E-state index in [4.69, 9.17) is 5.11 Å². The summed E-state index contributed by atoms with van der Waals surface area (Å²) in [6.07, 6.45) is 1.47. The summed E-state index contributed by atoms with van der Waals surface area (Å²) in [6, 6.07) is 0. The second-order valence-electron chi connectivity index (χ2n) is 1.56. The molecule has 0 fully saturated rings. The van der Waals surface area contributed by atoms with Gasteiger partial charge in [-0.25, -0.2) is 0 Å². The Balaban J connectivity index is 3.92. The molecule has 0 amide bonds. The van der Waals surface area contributed by atoms with Crippen LogP contribution in [0.3, 0.4) is 0 Å². The van der Waals surface area contributed by atoms with Crippen LogP contribution in [0.2, 0.25) is 0 Å². The Morgan fingerprint density at radius 1 is 1.75 bits per heavy atom. The highest BCUT2D eigenvalue weighted by atomic mass is 16.4. The number of ketones is 1. The second-order valence-corrected chi connectivity index (χ2v) is 1.56. The number of hydrogen-bond acceptors (Lipinski definition) is 2. The van der Waals surface area contributed by atoms with Crippen LogP contribution >= 0.6 is 0 Å². The molecule has 2 heteroatoms. The van der Waals surface area contributed by atoms with Gasteiger partial charge in [-0.1, -0.05) is 6.92 Å². The zero-order chi connectivity index (χ0) is 6.57. The van der Waals surface area contributed by atoms with Crippen molar-refractivity contribution in [3.63, 3.8) is 0 Å². The Labute approximate surface area is 48.8 Å². The van der Waals surface area contributed by atoms with Gasteiger partial charge in [-0.05, 0) is 13.3 Å². The molecule has 0 aliphatic heterocycles. The molecule has 2 nitrogen and oxygen atoms in total. The van der Waals surface area contributed by atoms with Crippen molar-refractivity contribution in [2.24, 2.45) is 0 Å². The van der Waals surface area contributed by atoms with Crippen molar-refractivity contribution in [2.75, 3.05) is 0 Å². The van der Waals surface area contributed by atoms with Gasteiger partial charge in [-0.15, -0.1) is 0 Å². The predicted molar refractivity (Wildman–Crippen MR) is 31.7 cm³/mol. The van der Waals surface area contributed by atoms with Gasteiger partial charge in [0.25, 0.3) is 0 Å². The van der Waals surface area contributed by atoms with E-state index in [-0.39, 0.29) is 5.78 Å².